The van der Waals surface area contributed by atoms with Gasteiger partial charge < -0.3 is 14.5 Å². The highest BCUT2D eigenvalue weighted by atomic mass is 16.6. The number of ether oxygens (including phenoxy) is 1. The molecule has 8 heteroatoms. The molecule has 1 aromatic heterocycles. The summed E-state index contributed by atoms with van der Waals surface area (Å²) in [6.45, 7) is 8.77. The standard InChI is InChI=1S/C23H25N5O3/c1-15-10-16(2)21(25-13-15)26-6-8-27(9-7-26)22(29)20-5-4-19(11-18(20)12-24)28-14-17(3)31-23(28)30/h4-5,10-11,13,17H,6-9,14H2,1-3H3. The van der Waals surface area contributed by atoms with Crippen LogP contribution in [0.15, 0.2) is 30.5 Å². The molecule has 160 valence electrons. The second-order valence-corrected chi connectivity index (χ2v) is 8.08. The smallest absolute Gasteiger partial charge is 0.414 e. The Morgan fingerprint density at radius 3 is 2.55 bits per heavy atom. The van der Waals surface area contributed by atoms with Crippen LogP contribution in [0, 0.1) is 25.2 Å². The van der Waals surface area contributed by atoms with E-state index in [9.17, 15) is 14.9 Å². The van der Waals surface area contributed by atoms with Crippen molar-refractivity contribution in [2.24, 2.45) is 0 Å². The Hall–Kier alpha value is -3.60. The summed E-state index contributed by atoms with van der Waals surface area (Å²) in [6, 6.07) is 9.13. The molecule has 2 aromatic rings. The third-order valence-electron chi connectivity index (χ3n) is 5.68. The number of carbonyl (C=O) groups excluding carboxylic acids is 2. The van der Waals surface area contributed by atoms with Gasteiger partial charge in [-0.2, -0.15) is 5.26 Å². The van der Waals surface area contributed by atoms with Gasteiger partial charge in [-0.25, -0.2) is 9.78 Å². The second-order valence-electron chi connectivity index (χ2n) is 8.08. The largest absolute Gasteiger partial charge is 0.444 e. The van der Waals surface area contributed by atoms with E-state index in [0.29, 0.717) is 44.0 Å². The fraction of sp³-hybridized carbons (Fsp3) is 0.391. The van der Waals surface area contributed by atoms with Gasteiger partial charge in [0.15, 0.2) is 0 Å². The van der Waals surface area contributed by atoms with E-state index in [1.54, 1.807) is 23.1 Å². The first-order valence-corrected chi connectivity index (χ1v) is 10.4. The minimum atomic E-state index is -0.438. The lowest BCUT2D eigenvalue weighted by atomic mass is 10.0. The number of pyridine rings is 1. The zero-order valence-corrected chi connectivity index (χ0v) is 18.0. The summed E-state index contributed by atoms with van der Waals surface area (Å²) in [5.74, 6) is 0.778. The molecule has 0 N–H and O–H groups in total. The molecular formula is C23H25N5O3. The number of carbonyl (C=O) groups is 2. The number of hydrogen-bond donors (Lipinski definition) is 0. The maximum atomic E-state index is 13.1. The highest BCUT2D eigenvalue weighted by molar-refractivity contribution is 5.98. The number of nitriles is 1. The van der Waals surface area contributed by atoms with E-state index < -0.39 is 6.09 Å². The van der Waals surface area contributed by atoms with E-state index in [2.05, 4.69) is 22.0 Å². The fourth-order valence-corrected chi connectivity index (χ4v) is 4.13. The van der Waals surface area contributed by atoms with Crippen LogP contribution in [-0.2, 0) is 4.74 Å². The Morgan fingerprint density at radius 1 is 1.19 bits per heavy atom. The lowest BCUT2D eigenvalue weighted by Crippen LogP contribution is -2.49. The van der Waals surface area contributed by atoms with Gasteiger partial charge in [0.25, 0.3) is 5.91 Å². The van der Waals surface area contributed by atoms with Crippen molar-refractivity contribution in [2.75, 3.05) is 42.5 Å². The van der Waals surface area contributed by atoms with Gasteiger partial charge in [-0.15, -0.1) is 0 Å². The minimum Gasteiger partial charge on any atom is -0.444 e. The summed E-state index contributed by atoms with van der Waals surface area (Å²) >= 11 is 0. The molecule has 0 bridgehead atoms. The van der Waals surface area contributed by atoms with Crippen LogP contribution in [0.25, 0.3) is 0 Å². The number of amides is 2. The minimum absolute atomic E-state index is 0.172. The Bertz CT molecular complexity index is 1070. The quantitative estimate of drug-likeness (QED) is 0.760. The van der Waals surface area contributed by atoms with E-state index in [4.69, 9.17) is 4.74 Å². The Kier molecular flexibility index (Phi) is 5.51. The molecule has 2 aliphatic rings. The molecule has 3 heterocycles. The predicted molar refractivity (Wildman–Crippen MR) is 116 cm³/mol. The van der Waals surface area contributed by atoms with Crippen LogP contribution >= 0.6 is 0 Å². The number of piperazine rings is 1. The number of nitrogens with zero attached hydrogens (tertiary/aromatic N) is 5. The van der Waals surface area contributed by atoms with Crippen LogP contribution in [0.2, 0.25) is 0 Å². The fourth-order valence-electron chi connectivity index (χ4n) is 4.13. The van der Waals surface area contributed by atoms with Gasteiger partial charge in [0, 0.05) is 38.1 Å². The molecule has 2 saturated heterocycles. The first-order chi connectivity index (χ1) is 14.9. The molecule has 8 nitrogen and oxygen atoms in total. The molecule has 2 amide bonds. The molecule has 0 aliphatic carbocycles. The lowest BCUT2D eigenvalue weighted by Gasteiger charge is -2.36. The normalized spacial score (nSPS) is 18.7. The van der Waals surface area contributed by atoms with E-state index in [0.717, 1.165) is 16.9 Å². The van der Waals surface area contributed by atoms with Gasteiger partial charge >= 0.3 is 6.09 Å². The van der Waals surface area contributed by atoms with Crippen LogP contribution in [-0.4, -0.2) is 60.7 Å². The van der Waals surface area contributed by atoms with Crippen molar-refractivity contribution >= 4 is 23.5 Å². The zero-order chi connectivity index (χ0) is 22.1. The molecule has 31 heavy (non-hydrogen) atoms. The van der Waals surface area contributed by atoms with Gasteiger partial charge in [0.1, 0.15) is 18.0 Å². The average molecular weight is 419 g/mol. The molecule has 0 radical (unpaired) electrons. The van der Waals surface area contributed by atoms with Gasteiger partial charge in [-0.3, -0.25) is 9.69 Å². The number of aryl methyl sites for hydroxylation is 2. The number of anilines is 2. The van der Waals surface area contributed by atoms with Crippen molar-refractivity contribution in [1.29, 1.82) is 5.26 Å². The maximum absolute atomic E-state index is 13.1. The Labute approximate surface area is 181 Å². The molecule has 2 fully saturated rings. The highest BCUT2D eigenvalue weighted by Crippen LogP contribution is 2.26. The van der Waals surface area contributed by atoms with Gasteiger partial charge in [-0.1, -0.05) is 6.07 Å². The first kappa shape index (κ1) is 20.7. The first-order valence-electron chi connectivity index (χ1n) is 10.4. The van der Waals surface area contributed by atoms with Gasteiger partial charge in [0.2, 0.25) is 0 Å². The van der Waals surface area contributed by atoms with E-state index in [1.165, 1.54) is 4.90 Å². The van der Waals surface area contributed by atoms with Crippen molar-refractivity contribution in [3.8, 4) is 6.07 Å². The van der Waals surface area contributed by atoms with Crippen LogP contribution in [0.1, 0.15) is 34.0 Å². The third-order valence-corrected chi connectivity index (χ3v) is 5.68. The molecule has 4 rings (SSSR count). The Balaban J connectivity index is 1.47. The average Bonchev–Trinajstić information content (AvgIpc) is 3.11. The third kappa shape index (κ3) is 4.04. The second kappa shape index (κ2) is 8.26. The van der Waals surface area contributed by atoms with Crippen LogP contribution < -0.4 is 9.80 Å². The zero-order valence-electron chi connectivity index (χ0n) is 18.0. The van der Waals surface area contributed by atoms with Crippen molar-refractivity contribution in [2.45, 2.75) is 26.9 Å². The number of aromatic nitrogens is 1. The summed E-state index contributed by atoms with van der Waals surface area (Å²) in [5, 5.41) is 9.62. The lowest BCUT2D eigenvalue weighted by molar-refractivity contribution is 0.0746. The van der Waals surface area contributed by atoms with Gasteiger partial charge in [-0.05, 0) is 50.1 Å². The number of cyclic esters (lactones) is 1. The van der Waals surface area contributed by atoms with Crippen LogP contribution in [0.5, 0.6) is 0 Å². The number of rotatable bonds is 3. The van der Waals surface area contributed by atoms with E-state index in [-0.39, 0.29) is 17.6 Å². The van der Waals surface area contributed by atoms with Gasteiger partial charge in [0.05, 0.1) is 17.7 Å². The van der Waals surface area contributed by atoms with Crippen molar-refractivity contribution < 1.29 is 14.3 Å². The predicted octanol–water partition coefficient (Wildman–Crippen LogP) is 2.88. The molecule has 1 aromatic carbocycles. The summed E-state index contributed by atoms with van der Waals surface area (Å²) < 4.78 is 5.16. The monoisotopic (exact) mass is 419 g/mol. The Morgan fingerprint density at radius 2 is 1.94 bits per heavy atom. The summed E-state index contributed by atoms with van der Waals surface area (Å²) in [5.41, 5.74) is 3.42. The number of benzene rings is 1. The summed E-state index contributed by atoms with van der Waals surface area (Å²) in [4.78, 5) is 35.1. The maximum Gasteiger partial charge on any atom is 0.414 e. The van der Waals surface area contributed by atoms with E-state index >= 15 is 0 Å². The van der Waals surface area contributed by atoms with Crippen molar-refractivity contribution in [3.63, 3.8) is 0 Å². The molecule has 1 atom stereocenters. The molecule has 2 aliphatic heterocycles. The van der Waals surface area contributed by atoms with Crippen molar-refractivity contribution in [1.82, 2.24) is 9.88 Å². The molecule has 0 saturated carbocycles. The molecular weight excluding hydrogens is 394 g/mol. The highest BCUT2D eigenvalue weighted by Gasteiger charge is 2.31. The van der Waals surface area contributed by atoms with Crippen LogP contribution in [0.3, 0.4) is 0 Å². The molecule has 0 spiro atoms. The van der Waals surface area contributed by atoms with E-state index in [1.807, 2.05) is 27.0 Å². The number of hydrogen-bond acceptors (Lipinski definition) is 6. The summed E-state index contributed by atoms with van der Waals surface area (Å²) in [7, 11) is 0. The van der Waals surface area contributed by atoms with Crippen molar-refractivity contribution in [3.05, 3.63) is 52.7 Å². The summed E-state index contributed by atoms with van der Waals surface area (Å²) in [6.07, 6.45) is 1.21. The van der Waals surface area contributed by atoms with Crippen LogP contribution in [0.4, 0.5) is 16.3 Å². The topological polar surface area (TPSA) is 89.8 Å². The SMILES string of the molecule is Cc1cnc(N2CCN(C(=O)c3ccc(N4CC(C)OC4=O)cc3C#N)CC2)c(C)c1. The molecule has 1 unspecified atom stereocenters.